The van der Waals surface area contributed by atoms with Gasteiger partial charge in [-0.2, -0.15) is 0 Å². The third kappa shape index (κ3) is 4.70. The number of carbonyl (C=O) groups excluding carboxylic acids is 2. The zero-order valence-electron chi connectivity index (χ0n) is 12.7. The highest BCUT2D eigenvalue weighted by Gasteiger charge is 2.07. The Labute approximate surface area is 130 Å². The summed E-state index contributed by atoms with van der Waals surface area (Å²) >= 11 is 0. The molecule has 0 spiro atoms. The van der Waals surface area contributed by atoms with E-state index >= 15 is 0 Å². The smallest absolute Gasteiger partial charge is 0.331 e. The van der Waals surface area contributed by atoms with Crippen LogP contribution in [-0.4, -0.2) is 18.4 Å². The lowest BCUT2D eigenvalue weighted by atomic mass is 10.1. The largest absolute Gasteiger partial charge is 0.454 e. The first kappa shape index (κ1) is 15.7. The third-order valence-corrected chi connectivity index (χ3v) is 3.21. The number of aryl methyl sites for hydroxylation is 2. The van der Waals surface area contributed by atoms with Crippen LogP contribution in [0.3, 0.4) is 0 Å². The molecular weight excluding hydrogens is 276 g/mol. The molecule has 0 aliphatic rings. The van der Waals surface area contributed by atoms with Crippen molar-refractivity contribution >= 4 is 17.8 Å². The predicted molar refractivity (Wildman–Crippen MR) is 86.7 cm³/mol. The van der Waals surface area contributed by atoms with Gasteiger partial charge in [-0.25, -0.2) is 4.79 Å². The van der Waals surface area contributed by atoms with Gasteiger partial charge in [0.25, 0.3) is 0 Å². The van der Waals surface area contributed by atoms with Crippen molar-refractivity contribution < 1.29 is 14.3 Å². The summed E-state index contributed by atoms with van der Waals surface area (Å²) in [6.07, 6.45) is 2.99. The van der Waals surface area contributed by atoms with Crippen LogP contribution < -0.4 is 0 Å². The van der Waals surface area contributed by atoms with E-state index in [4.69, 9.17) is 4.74 Å². The Bertz CT molecular complexity index is 680. The number of rotatable bonds is 5. The van der Waals surface area contributed by atoms with Crippen molar-refractivity contribution in [2.75, 3.05) is 6.61 Å². The number of ether oxygens (including phenoxy) is 1. The predicted octanol–water partition coefficient (Wildman–Crippen LogP) is 3.74. The Morgan fingerprint density at radius 2 is 1.45 bits per heavy atom. The fourth-order valence-electron chi connectivity index (χ4n) is 1.85. The second kappa shape index (κ2) is 7.36. The van der Waals surface area contributed by atoms with E-state index in [1.165, 1.54) is 6.08 Å². The Balaban J connectivity index is 1.86. The zero-order valence-corrected chi connectivity index (χ0v) is 12.7. The molecule has 3 heteroatoms. The van der Waals surface area contributed by atoms with E-state index < -0.39 is 5.97 Å². The van der Waals surface area contributed by atoms with Crippen LogP contribution in [0.15, 0.2) is 54.6 Å². The van der Waals surface area contributed by atoms with Crippen LogP contribution in [-0.2, 0) is 9.53 Å². The van der Waals surface area contributed by atoms with Gasteiger partial charge < -0.3 is 4.74 Å². The monoisotopic (exact) mass is 294 g/mol. The van der Waals surface area contributed by atoms with E-state index in [1.807, 2.05) is 50.2 Å². The average Bonchev–Trinajstić information content (AvgIpc) is 2.52. The number of ketones is 1. The van der Waals surface area contributed by atoms with Gasteiger partial charge in [0.1, 0.15) is 0 Å². The van der Waals surface area contributed by atoms with Crippen molar-refractivity contribution in [3.8, 4) is 0 Å². The molecule has 0 atom stereocenters. The molecule has 2 aromatic carbocycles. The maximum Gasteiger partial charge on any atom is 0.331 e. The Morgan fingerprint density at radius 3 is 2.05 bits per heavy atom. The number of benzene rings is 2. The van der Waals surface area contributed by atoms with Gasteiger partial charge >= 0.3 is 5.97 Å². The Hall–Kier alpha value is -2.68. The molecule has 0 saturated heterocycles. The van der Waals surface area contributed by atoms with Crippen molar-refractivity contribution in [2.45, 2.75) is 13.8 Å². The molecule has 0 aliphatic heterocycles. The lowest BCUT2D eigenvalue weighted by molar-refractivity contribution is -0.136. The third-order valence-electron chi connectivity index (χ3n) is 3.21. The number of hydrogen-bond acceptors (Lipinski definition) is 3. The van der Waals surface area contributed by atoms with Gasteiger partial charge in [0.05, 0.1) is 0 Å². The molecule has 0 unspecified atom stereocenters. The molecule has 0 bridgehead atoms. The highest BCUT2D eigenvalue weighted by atomic mass is 16.5. The topological polar surface area (TPSA) is 43.4 Å². The van der Waals surface area contributed by atoms with Crippen molar-refractivity contribution in [2.24, 2.45) is 0 Å². The van der Waals surface area contributed by atoms with Crippen LogP contribution in [0.1, 0.15) is 27.0 Å². The highest BCUT2D eigenvalue weighted by Crippen LogP contribution is 2.06. The summed E-state index contributed by atoms with van der Waals surface area (Å²) in [5.41, 5.74) is 3.69. The van der Waals surface area contributed by atoms with E-state index in [1.54, 1.807) is 18.2 Å². The average molecular weight is 294 g/mol. The highest BCUT2D eigenvalue weighted by molar-refractivity contribution is 5.98. The molecule has 0 fully saturated rings. The lowest BCUT2D eigenvalue weighted by Crippen LogP contribution is -2.12. The maximum absolute atomic E-state index is 11.9. The first-order valence-corrected chi connectivity index (χ1v) is 7.06. The summed E-state index contributed by atoms with van der Waals surface area (Å²) in [6.45, 7) is 3.70. The molecule has 3 nitrogen and oxygen atoms in total. The van der Waals surface area contributed by atoms with E-state index in [0.29, 0.717) is 5.56 Å². The standard InChI is InChI=1S/C19H18O3/c1-14-3-7-16(8-4-14)9-12-19(21)22-13-18(20)17-10-5-15(2)6-11-17/h3-12H,13H2,1-2H3/b12-9+. The molecule has 22 heavy (non-hydrogen) atoms. The van der Waals surface area contributed by atoms with Crippen molar-refractivity contribution in [3.63, 3.8) is 0 Å². The quantitative estimate of drug-likeness (QED) is 0.479. The first-order chi connectivity index (χ1) is 10.5. The molecule has 112 valence electrons. The van der Waals surface area contributed by atoms with Crippen LogP contribution in [0, 0.1) is 13.8 Å². The van der Waals surface area contributed by atoms with E-state index in [9.17, 15) is 9.59 Å². The van der Waals surface area contributed by atoms with Crippen LogP contribution in [0.2, 0.25) is 0 Å². The van der Waals surface area contributed by atoms with Crippen molar-refractivity contribution in [1.82, 2.24) is 0 Å². The first-order valence-electron chi connectivity index (χ1n) is 7.06. The molecule has 0 aromatic heterocycles. The lowest BCUT2D eigenvalue weighted by Gasteiger charge is -2.02. The fraction of sp³-hybridized carbons (Fsp3) is 0.158. The Kier molecular flexibility index (Phi) is 5.26. The number of hydrogen-bond donors (Lipinski definition) is 0. The van der Waals surface area contributed by atoms with Gasteiger partial charge in [0.2, 0.25) is 0 Å². The number of carbonyl (C=O) groups is 2. The zero-order chi connectivity index (χ0) is 15.9. The van der Waals surface area contributed by atoms with Gasteiger partial charge in [-0.05, 0) is 25.5 Å². The van der Waals surface area contributed by atoms with E-state index in [-0.39, 0.29) is 12.4 Å². The normalized spacial score (nSPS) is 10.6. The second-order valence-electron chi connectivity index (χ2n) is 5.14. The minimum Gasteiger partial charge on any atom is -0.454 e. The van der Waals surface area contributed by atoms with Crippen LogP contribution in [0.5, 0.6) is 0 Å². The number of esters is 1. The molecule has 0 N–H and O–H groups in total. The van der Waals surface area contributed by atoms with Gasteiger partial charge in [-0.15, -0.1) is 0 Å². The molecule has 0 aliphatic carbocycles. The van der Waals surface area contributed by atoms with Gasteiger partial charge in [0, 0.05) is 11.6 Å². The van der Waals surface area contributed by atoms with Gasteiger partial charge in [-0.3, -0.25) is 4.79 Å². The summed E-state index contributed by atoms with van der Waals surface area (Å²) in [5, 5.41) is 0. The fourth-order valence-corrected chi connectivity index (χ4v) is 1.85. The number of Topliss-reactive ketones (excluding diaryl/α,β-unsaturated/α-hetero) is 1. The molecular formula is C19H18O3. The van der Waals surface area contributed by atoms with Crippen molar-refractivity contribution in [1.29, 1.82) is 0 Å². The van der Waals surface area contributed by atoms with E-state index in [2.05, 4.69) is 0 Å². The van der Waals surface area contributed by atoms with Gasteiger partial charge in [0.15, 0.2) is 12.4 Å². The maximum atomic E-state index is 11.9. The molecule has 0 heterocycles. The summed E-state index contributed by atoms with van der Waals surface area (Å²) in [7, 11) is 0. The van der Waals surface area contributed by atoms with Crippen LogP contribution in [0.4, 0.5) is 0 Å². The van der Waals surface area contributed by atoms with Crippen LogP contribution in [0.25, 0.3) is 6.08 Å². The minimum atomic E-state index is -0.527. The summed E-state index contributed by atoms with van der Waals surface area (Å²) in [4.78, 5) is 23.5. The SMILES string of the molecule is Cc1ccc(/C=C/C(=O)OCC(=O)c2ccc(C)cc2)cc1. The second-order valence-corrected chi connectivity index (χ2v) is 5.14. The molecule has 0 saturated carbocycles. The molecule has 2 rings (SSSR count). The molecule has 0 amide bonds. The summed E-state index contributed by atoms with van der Waals surface area (Å²) in [6, 6.07) is 14.9. The minimum absolute atomic E-state index is 0.211. The molecule has 2 aromatic rings. The van der Waals surface area contributed by atoms with Gasteiger partial charge in [-0.1, -0.05) is 59.7 Å². The summed E-state index contributed by atoms with van der Waals surface area (Å²) in [5.74, 6) is -0.738. The van der Waals surface area contributed by atoms with E-state index in [0.717, 1.165) is 16.7 Å². The molecule has 0 radical (unpaired) electrons. The van der Waals surface area contributed by atoms with Crippen molar-refractivity contribution in [3.05, 3.63) is 76.9 Å². The summed E-state index contributed by atoms with van der Waals surface area (Å²) < 4.78 is 4.96. The Morgan fingerprint density at radius 1 is 0.909 bits per heavy atom. The van der Waals surface area contributed by atoms with Crippen LogP contribution >= 0.6 is 0 Å².